The van der Waals surface area contributed by atoms with E-state index < -0.39 is 0 Å². The molecule has 1 saturated heterocycles. The maximum absolute atomic E-state index is 6.33. The van der Waals surface area contributed by atoms with E-state index in [4.69, 9.17) is 12.6 Å². The Morgan fingerprint density at radius 1 is 1.18 bits per heavy atom. The molecule has 126 valence electrons. The molecule has 2 nitrogen and oxygen atoms in total. The van der Waals surface area contributed by atoms with E-state index in [1.54, 1.807) is 0 Å². The minimum absolute atomic E-state index is 0.229. The van der Waals surface area contributed by atoms with E-state index in [0.717, 1.165) is 12.5 Å². The summed E-state index contributed by atoms with van der Waals surface area (Å²) < 4.78 is 5.73. The Morgan fingerprint density at radius 2 is 1.91 bits per heavy atom. The summed E-state index contributed by atoms with van der Waals surface area (Å²) in [4.78, 5) is 2.85. The summed E-state index contributed by atoms with van der Waals surface area (Å²) in [6.45, 7) is 10.3. The van der Waals surface area contributed by atoms with Gasteiger partial charge in [0.15, 0.2) is 0 Å². The third kappa shape index (κ3) is 3.90. The lowest BCUT2D eigenvalue weighted by Crippen LogP contribution is -2.64. The van der Waals surface area contributed by atoms with Crippen molar-refractivity contribution in [3.63, 3.8) is 0 Å². The summed E-state index contributed by atoms with van der Waals surface area (Å²) in [6, 6.07) is 1.28. The van der Waals surface area contributed by atoms with E-state index in [-0.39, 0.29) is 5.54 Å². The molecule has 4 unspecified atom stereocenters. The summed E-state index contributed by atoms with van der Waals surface area (Å²) in [5.74, 6) is 1.92. The molecular weight excluding hydrogens is 269 g/mol. The number of piperidine rings is 1. The number of hydrogen-bond acceptors (Lipinski definition) is 2. The Bertz CT molecular complexity index is 346. The molecule has 0 bridgehead atoms. The molecule has 0 spiro atoms. The van der Waals surface area contributed by atoms with Gasteiger partial charge in [-0.2, -0.15) is 0 Å². The second-order valence-electron chi connectivity index (χ2n) is 8.55. The number of hydrogen-bond donors (Lipinski definition) is 0. The maximum atomic E-state index is 6.33. The van der Waals surface area contributed by atoms with Gasteiger partial charge in [-0.1, -0.05) is 38.9 Å². The summed E-state index contributed by atoms with van der Waals surface area (Å²) in [6.07, 6.45) is 8.88. The van der Waals surface area contributed by atoms with E-state index in [1.165, 1.54) is 44.9 Å². The van der Waals surface area contributed by atoms with Crippen LogP contribution in [0.15, 0.2) is 0 Å². The molecular formula is C19H36BNO. The highest BCUT2D eigenvalue weighted by Gasteiger charge is 2.48. The molecule has 2 rings (SSSR count). The molecule has 1 aliphatic heterocycles. The topological polar surface area (TPSA) is 12.5 Å². The van der Waals surface area contributed by atoms with Crippen LogP contribution in [0.5, 0.6) is 0 Å². The first-order chi connectivity index (χ1) is 10.4. The van der Waals surface area contributed by atoms with Gasteiger partial charge in [-0.3, -0.25) is 4.90 Å². The first kappa shape index (κ1) is 18.3. The number of ether oxygens (including phenoxy) is 1. The van der Waals surface area contributed by atoms with Crippen molar-refractivity contribution in [2.24, 2.45) is 11.8 Å². The third-order valence-electron chi connectivity index (χ3n) is 5.87. The van der Waals surface area contributed by atoms with Crippen LogP contribution in [0, 0.1) is 11.8 Å². The minimum Gasteiger partial charge on any atom is -0.383 e. The molecule has 0 aromatic rings. The van der Waals surface area contributed by atoms with Crippen LogP contribution < -0.4 is 0 Å². The molecule has 0 aromatic carbocycles. The van der Waals surface area contributed by atoms with Crippen molar-refractivity contribution >= 4 is 7.85 Å². The van der Waals surface area contributed by atoms with Crippen molar-refractivity contribution in [3.05, 3.63) is 0 Å². The van der Waals surface area contributed by atoms with Gasteiger partial charge in [0.25, 0.3) is 0 Å². The average molecular weight is 305 g/mol. The molecule has 4 atom stereocenters. The van der Waals surface area contributed by atoms with Crippen LogP contribution >= 0.6 is 0 Å². The molecule has 3 heteroatoms. The lowest BCUT2D eigenvalue weighted by Gasteiger charge is -2.57. The average Bonchev–Trinajstić information content (AvgIpc) is 2.58. The van der Waals surface area contributed by atoms with Crippen LogP contribution in [0.4, 0.5) is 0 Å². The molecule has 1 aliphatic carbocycles. The SMILES string of the molecule is [B]C1CCCC2C(CCC(COC)(CC(C)C)N2C(C)C)C1. The number of nitrogens with zero attached hydrogens (tertiary/aromatic N) is 1. The van der Waals surface area contributed by atoms with Crippen molar-refractivity contribution in [3.8, 4) is 0 Å². The highest BCUT2D eigenvalue weighted by molar-refractivity contribution is 6.11. The quantitative estimate of drug-likeness (QED) is 0.696. The van der Waals surface area contributed by atoms with E-state index in [9.17, 15) is 0 Å². The Balaban J connectivity index is 2.30. The second-order valence-corrected chi connectivity index (χ2v) is 8.55. The Morgan fingerprint density at radius 3 is 2.50 bits per heavy atom. The highest BCUT2D eigenvalue weighted by atomic mass is 16.5. The van der Waals surface area contributed by atoms with Gasteiger partial charge in [0.1, 0.15) is 0 Å². The van der Waals surface area contributed by atoms with Gasteiger partial charge in [0.05, 0.1) is 14.5 Å². The van der Waals surface area contributed by atoms with E-state index >= 15 is 0 Å². The van der Waals surface area contributed by atoms with E-state index in [0.29, 0.717) is 23.8 Å². The van der Waals surface area contributed by atoms with Crippen LogP contribution in [0.25, 0.3) is 0 Å². The predicted octanol–water partition coefficient (Wildman–Crippen LogP) is 4.44. The molecule has 2 fully saturated rings. The Kier molecular flexibility index (Phi) is 6.42. The maximum Gasteiger partial charge on any atom is 0.0699 e. The zero-order valence-corrected chi connectivity index (χ0v) is 15.5. The van der Waals surface area contributed by atoms with Crippen molar-refractivity contribution in [1.29, 1.82) is 0 Å². The van der Waals surface area contributed by atoms with E-state index in [1.807, 2.05) is 7.11 Å². The van der Waals surface area contributed by atoms with E-state index in [2.05, 4.69) is 32.6 Å². The standard InChI is InChI=1S/C19H36BNO/c1-14(2)12-19(13-22-5)10-9-16-11-17(20)7-6-8-18(16)21(19)15(3)4/h14-18H,6-13H2,1-5H3. The summed E-state index contributed by atoms with van der Waals surface area (Å²) in [7, 11) is 8.20. The first-order valence-corrected chi connectivity index (χ1v) is 9.42. The Hall–Kier alpha value is -0.0151. The van der Waals surface area contributed by atoms with Crippen molar-refractivity contribution in [1.82, 2.24) is 4.90 Å². The molecule has 0 aromatic heterocycles. The van der Waals surface area contributed by atoms with Crippen molar-refractivity contribution in [2.45, 2.75) is 96.1 Å². The summed E-state index contributed by atoms with van der Waals surface area (Å²) in [5, 5.41) is 0. The number of methoxy groups -OCH3 is 1. The molecule has 22 heavy (non-hydrogen) atoms. The molecule has 2 radical (unpaired) electrons. The van der Waals surface area contributed by atoms with Gasteiger partial charge in [-0.05, 0) is 51.4 Å². The molecule has 0 amide bonds. The second kappa shape index (κ2) is 7.70. The zero-order valence-electron chi connectivity index (χ0n) is 15.5. The lowest BCUT2D eigenvalue weighted by molar-refractivity contribution is -0.0994. The van der Waals surface area contributed by atoms with Crippen LogP contribution in [0.3, 0.4) is 0 Å². The third-order valence-corrected chi connectivity index (χ3v) is 5.87. The summed E-state index contributed by atoms with van der Waals surface area (Å²) >= 11 is 0. The number of likely N-dealkylation sites (tertiary alicyclic amines) is 1. The largest absolute Gasteiger partial charge is 0.383 e. The first-order valence-electron chi connectivity index (χ1n) is 9.42. The van der Waals surface area contributed by atoms with Crippen LogP contribution in [0.2, 0.25) is 5.82 Å². The van der Waals surface area contributed by atoms with Crippen molar-refractivity contribution in [2.75, 3.05) is 13.7 Å². The van der Waals surface area contributed by atoms with Crippen LogP contribution in [-0.4, -0.2) is 44.1 Å². The molecule has 1 heterocycles. The van der Waals surface area contributed by atoms with Gasteiger partial charge in [-0.15, -0.1) is 0 Å². The number of rotatable bonds is 5. The van der Waals surface area contributed by atoms with Crippen molar-refractivity contribution < 1.29 is 4.74 Å². The van der Waals surface area contributed by atoms with Gasteiger partial charge in [0, 0.05) is 24.7 Å². The zero-order chi connectivity index (χ0) is 16.3. The normalized spacial score (nSPS) is 37.3. The smallest absolute Gasteiger partial charge is 0.0699 e. The molecule has 0 N–H and O–H groups in total. The van der Waals surface area contributed by atoms with Gasteiger partial charge >= 0.3 is 0 Å². The molecule has 2 aliphatic rings. The monoisotopic (exact) mass is 305 g/mol. The van der Waals surface area contributed by atoms with Crippen LogP contribution in [-0.2, 0) is 4.74 Å². The molecule has 1 saturated carbocycles. The van der Waals surface area contributed by atoms with Gasteiger partial charge in [-0.25, -0.2) is 0 Å². The minimum atomic E-state index is 0.229. The predicted molar refractivity (Wildman–Crippen MR) is 95.5 cm³/mol. The Labute approximate surface area is 139 Å². The highest BCUT2D eigenvalue weighted by Crippen LogP contribution is 2.46. The fraction of sp³-hybridized carbons (Fsp3) is 1.00. The fourth-order valence-corrected chi connectivity index (χ4v) is 5.47. The van der Waals surface area contributed by atoms with Crippen LogP contribution in [0.1, 0.15) is 72.6 Å². The summed E-state index contributed by atoms with van der Waals surface area (Å²) in [5.41, 5.74) is 0.229. The lowest BCUT2D eigenvalue weighted by atomic mass is 9.69. The van der Waals surface area contributed by atoms with Gasteiger partial charge < -0.3 is 4.74 Å². The fourth-order valence-electron chi connectivity index (χ4n) is 5.47. The van der Waals surface area contributed by atoms with Gasteiger partial charge in [0.2, 0.25) is 0 Å². The number of fused-ring (bicyclic) bond motifs is 1.